The number of methoxy groups -OCH3 is 1. The fraction of sp³-hybridized carbons (Fsp3) is 0.333. The van der Waals surface area contributed by atoms with Gasteiger partial charge >= 0.3 is 7.12 Å². The molecule has 1 aromatic heterocycles. The summed E-state index contributed by atoms with van der Waals surface area (Å²) in [6.07, 6.45) is 0. The summed E-state index contributed by atoms with van der Waals surface area (Å²) in [4.78, 5) is 0. The Morgan fingerprint density at radius 3 is 1.68 bits per heavy atom. The number of hydrogen-bond acceptors (Lipinski definition) is 6. The molecular formula is C21H23BN2O4. The Morgan fingerprint density at radius 1 is 0.750 bits per heavy atom. The van der Waals surface area contributed by atoms with Crippen molar-refractivity contribution in [2.24, 2.45) is 0 Å². The van der Waals surface area contributed by atoms with Crippen LogP contribution in [0.4, 0.5) is 0 Å². The van der Waals surface area contributed by atoms with Crippen LogP contribution in [-0.4, -0.2) is 35.6 Å². The first-order valence-electron chi connectivity index (χ1n) is 9.23. The van der Waals surface area contributed by atoms with E-state index in [9.17, 15) is 0 Å². The summed E-state index contributed by atoms with van der Waals surface area (Å²) in [7, 11) is 1.24. The molecule has 0 N–H and O–H groups in total. The summed E-state index contributed by atoms with van der Waals surface area (Å²) in [5, 5.41) is 8.32. The van der Waals surface area contributed by atoms with Crippen molar-refractivity contribution in [3.8, 4) is 28.7 Å². The molecule has 1 aliphatic heterocycles. The standard InChI is InChI=1S/C21H23BN2O4/c1-20(2)21(3,4)28-22(27-20)16-10-6-14(7-11-16)18-23-24-19(26-18)15-8-12-17(25-5)13-9-15/h6-13H,1-5H3. The molecule has 144 valence electrons. The van der Waals surface area contributed by atoms with Gasteiger partial charge in [-0.25, -0.2) is 0 Å². The molecule has 6 nitrogen and oxygen atoms in total. The first-order valence-corrected chi connectivity index (χ1v) is 9.23. The Labute approximate surface area is 165 Å². The van der Waals surface area contributed by atoms with E-state index in [1.807, 2.05) is 76.2 Å². The maximum absolute atomic E-state index is 6.09. The highest BCUT2D eigenvalue weighted by Crippen LogP contribution is 2.36. The SMILES string of the molecule is COc1ccc(-c2nnc(-c3ccc(B4OC(C)(C)C(C)(C)O4)cc3)o2)cc1. The summed E-state index contributed by atoms with van der Waals surface area (Å²) in [5.74, 6) is 1.71. The van der Waals surface area contributed by atoms with Crippen LogP contribution in [0.1, 0.15) is 27.7 Å². The number of benzene rings is 2. The highest BCUT2D eigenvalue weighted by atomic mass is 16.7. The molecule has 0 saturated carbocycles. The van der Waals surface area contributed by atoms with Gasteiger partial charge < -0.3 is 18.5 Å². The predicted octanol–water partition coefficient (Wildman–Crippen LogP) is 3.71. The zero-order valence-corrected chi connectivity index (χ0v) is 16.7. The Hall–Kier alpha value is -2.64. The van der Waals surface area contributed by atoms with Crippen molar-refractivity contribution in [2.45, 2.75) is 38.9 Å². The van der Waals surface area contributed by atoms with Gasteiger partial charge in [-0.05, 0) is 69.6 Å². The zero-order chi connectivity index (χ0) is 19.9. The topological polar surface area (TPSA) is 66.6 Å². The first kappa shape index (κ1) is 18.7. The molecule has 0 aliphatic carbocycles. The molecule has 0 spiro atoms. The van der Waals surface area contributed by atoms with Crippen molar-refractivity contribution in [3.05, 3.63) is 48.5 Å². The zero-order valence-electron chi connectivity index (χ0n) is 16.7. The molecule has 4 rings (SSSR count). The van der Waals surface area contributed by atoms with E-state index >= 15 is 0 Å². The van der Waals surface area contributed by atoms with E-state index in [0.29, 0.717) is 11.8 Å². The minimum absolute atomic E-state index is 0.365. The normalized spacial score (nSPS) is 17.7. The predicted molar refractivity (Wildman–Crippen MR) is 107 cm³/mol. The van der Waals surface area contributed by atoms with E-state index in [2.05, 4.69) is 10.2 Å². The fourth-order valence-corrected chi connectivity index (χ4v) is 2.95. The molecule has 0 amide bonds. The molecule has 0 unspecified atom stereocenters. The minimum Gasteiger partial charge on any atom is -0.497 e. The molecule has 1 fully saturated rings. The van der Waals surface area contributed by atoms with Crippen LogP contribution in [0, 0.1) is 0 Å². The van der Waals surface area contributed by atoms with Gasteiger partial charge in [0.25, 0.3) is 0 Å². The van der Waals surface area contributed by atoms with E-state index in [1.54, 1.807) is 7.11 Å². The Balaban J connectivity index is 1.53. The maximum atomic E-state index is 6.09. The summed E-state index contributed by atoms with van der Waals surface area (Å²) in [6, 6.07) is 15.3. The number of nitrogens with zero attached hydrogens (tertiary/aromatic N) is 2. The van der Waals surface area contributed by atoms with Crippen molar-refractivity contribution in [1.29, 1.82) is 0 Å². The average Bonchev–Trinajstić information content (AvgIpc) is 3.25. The quantitative estimate of drug-likeness (QED) is 0.645. The lowest BCUT2D eigenvalue weighted by molar-refractivity contribution is 0.00578. The molecule has 3 aromatic rings. The van der Waals surface area contributed by atoms with Gasteiger partial charge in [0.05, 0.1) is 18.3 Å². The summed E-state index contributed by atoms with van der Waals surface area (Å²) < 4.78 is 23.2. The van der Waals surface area contributed by atoms with Crippen molar-refractivity contribution in [3.63, 3.8) is 0 Å². The van der Waals surface area contributed by atoms with Crippen LogP contribution in [-0.2, 0) is 9.31 Å². The highest BCUT2D eigenvalue weighted by molar-refractivity contribution is 6.62. The molecule has 0 radical (unpaired) electrons. The van der Waals surface area contributed by atoms with Crippen LogP contribution in [0.2, 0.25) is 0 Å². The first-order chi connectivity index (χ1) is 13.3. The summed E-state index contributed by atoms with van der Waals surface area (Å²) in [5.41, 5.74) is 1.91. The fourth-order valence-electron chi connectivity index (χ4n) is 2.95. The van der Waals surface area contributed by atoms with Crippen LogP contribution in [0.3, 0.4) is 0 Å². The number of ether oxygens (including phenoxy) is 1. The van der Waals surface area contributed by atoms with Crippen LogP contribution in [0.5, 0.6) is 5.75 Å². The second kappa shape index (κ2) is 6.76. The monoisotopic (exact) mass is 378 g/mol. The molecule has 1 saturated heterocycles. The highest BCUT2D eigenvalue weighted by Gasteiger charge is 2.51. The number of rotatable bonds is 4. The van der Waals surface area contributed by atoms with E-state index in [1.165, 1.54) is 0 Å². The van der Waals surface area contributed by atoms with Gasteiger partial charge in [0.15, 0.2) is 0 Å². The number of hydrogen-bond donors (Lipinski definition) is 0. The summed E-state index contributed by atoms with van der Waals surface area (Å²) in [6.45, 7) is 8.17. The lowest BCUT2D eigenvalue weighted by Crippen LogP contribution is -2.41. The van der Waals surface area contributed by atoms with Crippen molar-refractivity contribution in [1.82, 2.24) is 10.2 Å². The van der Waals surface area contributed by atoms with Gasteiger partial charge in [0.2, 0.25) is 11.8 Å². The van der Waals surface area contributed by atoms with Crippen molar-refractivity contribution in [2.75, 3.05) is 7.11 Å². The third kappa shape index (κ3) is 3.32. The van der Waals surface area contributed by atoms with E-state index in [0.717, 1.165) is 22.3 Å². The largest absolute Gasteiger partial charge is 0.497 e. The third-order valence-electron chi connectivity index (χ3n) is 5.45. The van der Waals surface area contributed by atoms with Gasteiger partial charge in [-0.2, -0.15) is 0 Å². The molecular weight excluding hydrogens is 355 g/mol. The molecule has 2 heterocycles. The smallest absolute Gasteiger partial charge is 0.494 e. The van der Waals surface area contributed by atoms with Crippen molar-refractivity contribution < 1.29 is 18.5 Å². The average molecular weight is 378 g/mol. The maximum Gasteiger partial charge on any atom is 0.494 e. The number of aromatic nitrogens is 2. The molecule has 7 heteroatoms. The van der Waals surface area contributed by atoms with Gasteiger partial charge in [0, 0.05) is 11.1 Å². The van der Waals surface area contributed by atoms with Crippen LogP contribution < -0.4 is 10.2 Å². The van der Waals surface area contributed by atoms with Gasteiger partial charge in [0.1, 0.15) is 5.75 Å². The molecule has 0 bridgehead atoms. The van der Waals surface area contributed by atoms with Crippen LogP contribution in [0.25, 0.3) is 22.9 Å². The van der Waals surface area contributed by atoms with Gasteiger partial charge in [-0.15, -0.1) is 10.2 Å². The van der Waals surface area contributed by atoms with Gasteiger partial charge in [-0.3, -0.25) is 0 Å². The molecule has 2 aromatic carbocycles. The van der Waals surface area contributed by atoms with Crippen LogP contribution >= 0.6 is 0 Å². The summed E-state index contributed by atoms with van der Waals surface area (Å²) >= 11 is 0. The van der Waals surface area contributed by atoms with E-state index < -0.39 is 7.12 Å². The third-order valence-corrected chi connectivity index (χ3v) is 5.45. The van der Waals surface area contributed by atoms with Crippen LogP contribution in [0.15, 0.2) is 52.9 Å². The van der Waals surface area contributed by atoms with E-state index in [-0.39, 0.29) is 11.2 Å². The molecule has 1 aliphatic rings. The Morgan fingerprint density at radius 2 is 1.21 bits per heavy atom. The van der Waals surface area contributed by atoms with Gasteiger partial charge in [-0.1, -0.05) is 12.1 Å². The van der Waals surface area contributed by atoms with Crippen molar-refractivity contribution >= 4 is 12.6 Å². The Kier molecular flexibility index (Phi) is 4.52. The lowest BCUT2D eigenvalue weighted by atomic mass is 9.79. The van der Waals surface area contributed by atoms with E-state index in [4.69, 9.17) is 18.5 Å². The lowest BCUT2D eigenvalue weighted by Gasteiger charge is -2.32. The molecule has 28 heavy (non-hydrogen) atoms. The second-order valence-corrected chi connectivity index (χ2v) is 7.85. The minimum atomic E-state index is -0.392. The Bertz CT molecular complexity index is 949. The molecule has 0 atom stereocenters. The second-order valence-electron chi connectivity index (χ2n) is 7.85.